The van der Waals surface area contributed by atoms with E-state index in [1.54, 1.807) is 18.3 Å². The van der Waals surface area contributed by atoms with Crippen molar-refractivity contribution in [3.05, 3.63) is 126 Å². The Labute approximate surface area is 273 Å². The summed E-state index contributed by atoms with van der Waals surface area (Å²) in [7, 11) is -3.50. The summed E-state index contributed by atoms with van der Waals surface area (Å²) in [6.07, 6.45) is 9.59. The third-order valence-corrected chi connectivity index (χ3v) is 10.3. The van der Waals surface area contributed by atoms with Gasteiger partial charge in [0.25, 0.3) is 0 Å². The van der Waals surface area contributed by atoms with Gasteiger partial charge in [-0.3, -0.25) is 14.3 Å². The molecule has 3 aromatic rings. The standard InChI is InChI=1S/C36H39F3N3O4P/c37-36(38,39)27-42-34(43)35(32-17-6-4-15-30(32)31-16-5-7-18-33(31)35)21-9-2-12-26-47(44,46-25-20-29-14-8-11-23-41-29)45-24-19-28-13-3-1-10-22-40-28/h1,3-8,10-11,13-18,22-23,40H,2,9,12,19-21,24-27H2,(H,42,43). The van der Waals surface area contributed by atoms with Gasteiger partial charge in [0.15, 0.2) is 0 Å². The van der Waals surface area contributed by atoms with Crippen molar-refractivity contribution in [1.82, 2.24) is 15.6 Å². The van der Waals surface area contributed by atoms with Crippen LogP contribution in [0.2, 0.25) is 0 Å². The van der Waals surface area contributed by atoms with Gasteiger partial charge < -0.3 is 19.7 Å². The number of pyridine rings is 1. The molecule has 1 atom stereocenters. The van der Waals surface area contributed by atoms with Gasteiger partial charge in [-0.2, -0.15) is 13.2 Å². The maximum atomic E-state index is 13.9. The Morgan fingerprint density at radius 2 is 1.53 bits per heavy atom. The number of rotatable bonds is 16. The first-order valence-corrected chi connectivity index (χ1v) is 17.5. The molecule has 7 nitrogen and oxygen atoms in total. The molecule has 0 saturated carbocycles. The van der Waals surface area contributed by atoms with Gasteiger partial charge in [-0.25, -0.2) is 0 Å². The summed E-state index contributed by atoms with van der Waals surface area (Å²) >= 11 is 0. The van der Waals surface area contributed by atoms with Gasteiger partial charge >= 0.3 is 13.8 Å². The first kappa shape index (κ1) is 34.4. The first-order chi connectivity index (χ1) is 22.7. The van der Waals surface area contributed by atoms with Crippen LogP contribution in [0.15, 0.2) is 109 Å². The average Bonchev–Trinajstić information content (AvgIpc) is 3.17. The maximum Gasteiger partial charge on any atom is 0.405 e. The van der Waals surface area contributed by atoms with Crippen LogP contribution in [0.3, 0.4) is 0 Å². The molecule has 2 aliphatic rings. The number of carbonyl (C=O) groups is 1. The fraction of sp³-hybridized carbons (Fsp3) is 0.333. The largest absolute Gasteiger partial charge is 0.405 e. The lowest BCUT2D eigenvalue weighted by molar-refractivity contribution is -0.141. The number of aromatic nitrogens is 1. The van der Waals surface area contributed by atoms with Gasteiger partial charge in [-0.15, -0.1) is 0 Å². The number of hydrogen-bond donors (Lipinski definition) is 2. The van der Waals surface area contributed by atoms with Crippen LogP contribution in [0, 0.1) is 0 Å². The minimum Gasteiger partial charge on any atom is -0.365 e. The van der Waals surface area contributed by atoms with Crippen molar-refractivity contribution in [2.45, 2.75) is 50.1 Å². The van der Waals surface area contributed by atoms with Crippen LogP contribution >= 0.6 is 7.60 Å². The lowest BCUT2D eigenvalue weighted by Gasteiger charge is -2.31. The predicted molar refractivity (Wildman–Crippen MR) is 177 cm³/mol. The van der Waals surface area contributed by atoms with E-state index in [0.29, 0.717) is 43.2 Å². The average molecular weight is 666 g/mol. The zero-order chi connectivity index (χ0) is 33.2. The Kier molecular flexibility index (Phi) is 11.5. The number of fused-ring (bicyclic) bond motifs is 3. The van der Waals surface area contributed by atoms with E-state index in [1.807, 2.05) is 85.1 Å². The molecule has 47 heavy (non-hydrogen) atoms. The highest BCUT2D eigenvalue weighted by atomic mass is 31.2. The van der Waals surface area contributed by atoms with E-state index in [4.69, 9.17) is 9.05 Å². The van der Waals surface area contributed by atoms with Gasteiger partial charge in [-0.1, -0.05) is 79.6 Å². The first-order valence-electron chi connectivity index (χ1n) is 15.8. The van der Waals surface area contributed by atoms with E-state index >= 15 is 0 Å². The van der Waals surface area contributed by atoms with Crippen molar-refractivity contribution in [1.29, 1.82) is 0 Å². The van der Waals surface area contributed by atoms with E-state index in [2.05, 4.69) is 15.6 Å². The minimum atomic E-state index is -4.54. The highest BCUT2D eigenvalue weighted by Gasteiger charge is 2.49. The lowest BCUT2D eigenvalue weighted by atomic mass is 9.73. The number of amides is 1. The summed E-state index contributed by atoms with van der Waals surface area (Å²) in [5.74, 6) is -0.676. The van der Waals surface area contributed by atoms with Gasteiger partial charge in [0.05, 0.1) is 19.4 Å². The number of hydrogen-bond acceptors (Lipinski definition) is 6. The third-order valence-electron chi connectivity index (χ3n) is 8.30. The smallest absolute Gasteiger partial charge is 0.365 e. The normalized spacial score (nSPS) is 15.9. The Bertz CT molecular complexity index is 1610. The number of allylic oxidation sites excluding steroid dienone is 4. The van der Waals surface area contributed by atoms with Crippen LogP contribution in [-0.4, -0.2) is 43.0 Å². The molecule has 1 unspecified atom stereocenters. The molecular formula is C36H39F3N3O4P. The van der Waals surface area contributed by atoms with Crippen molar-refractivity contribution >= 4 is 13.5 Å². The lowest BCUT2D eigenvalue weighted by Crippen LogP contribution is -2.47. The second-order valence-corrected chi connectivity index (χ2v) is 13.7. The van der Waals surface area contributed by atoms with E-state index in [9.17, 15) is 22.5 Å². The molecule has 0 saturated heterocycles. The molecule has 0 bridgehead atoms. The van der Waals surface area contributed by atoms with Crippen LogP contribution in [0.5, 0.6) is 0 Å². The number of benzene rings is 2. The summed E-state index contributed by atoms with van der Waals surface area (Å²) < 4.78 is 65.3. The number of nitrogens with one attached hydrogen (secondary N) is 2. The van der Waals surface area contributed by atoms with Gasteiger partial charge in [0.1, 0.15) is 12.0 Å². The number of halogens is 3. The van der Waals surface area contributed by atoms with E-state index < -0.39 is 31.6 Å². The quantitative estimate of drug-likeness (QED) is 0.119. The van der Waals surface area contributed by atoms with Crippen molar-refractivity contribution in [2.24, 2.45) is 0 Å². The van der Waals surface area contributed by atoms with Crippen LogP contribution in [0.1, 0.15) is 48.9 Å². The zero-order valence-corrected chi connectivity index (χ0v) is 26.9. The summed E-state index contributed by atoms with van der Waals surface area (Å²) in [5.41, 5.74) is 3.53. The molecule has 0 radical (unpaired) electrons. The number of nitrogens with zero attached hydrogens (tertiary/aromatic N) is 1. The third kappa shape index (κ3) is 8.89. The molecule has 1 aliphatic heterocycles. The Morgan fingerprint density at radius 3 is 2.21 bits per heavy atom. The molecule has 2 heterocycles. The van der Waals surface area contributed by atoms with Crippen LogP contribution in [-0.2, 0) is 30.2 Å². The highest BCUT2D eigenvalue weighted by molar-refractivity contribution is 7.53. The monoisotopic (exact) mass is 665 g/mol. The topological polar surface area (TPSA) is 89.6 Å². The fourth-order valence-electron chi connectivity index (χ4n) is 6.10. The number of carbonyl (C=O) groups excluding carboxylic acids is 1. The maximum absolute atomic E-state index is 13.9. The molecule has 1 amide bonds. The SMILES string of the molecule is O=C(NCC(F)(F)F)C1(CCCCCP(=O)(OCCC2=CC=CC=CN2)OCCc2ccccn2)c2ccccc2-c2ccccc21. The van der Waals surface area contributed by atoms with Crippen molar-refractivity contribution in [2.75, 3.05) is 25.9 Å². The summed E-state index contributed by atoms with van der Waals surface area (Å²) in [6, 6.07) is 20.4. The Balaban J connectivity index is 1.25. The molecule has 0 spiro atoms. The molecule has 2 aromatic carbocycles. The summed E-state index contributed by atoms with van der Waals surface area (Å²) in [5, 5.41) is 5.34. The molecule has 2 N–H and O–H groups in total. The predicted octanol–water partition coefficient (Wildman–Crippen LogP) is 8.00. The van der Waals surface area contributed by atoms with E-state index in [1.165, 1.54) is 0 Å². The van der Waals surface area contributed by atoms with Gasteiger partial charge in [-0.05, 0) is 59.4 Å². The highest BCUT2D eigenvalue weighted by Crippen LogP contribution is 2.52. The van der Waals surface area contributed by atoms with Crippen molar-refractivity contribution in [3.8, 4) is 11.1 Å². The fourth-order valence-corrected chi connectivity index (χ4v) is 7.79. The van der Waals surface area contributed by atoms with Crippen molar-refractivity contribution < 1.29 is 31.6 Å². The molecule has 1 aliphatic carbocycles. The minimum absolute atomic E-state index is 0.169. The molecule has 11 heteroatoms. The molecule has 1 aromatic heterocycles. The van der Waals surface area contributed by atoms with E-state index in [-0.39, 0.29) is 25.8 Å². The second kappa shape index (κ2) is 15.7. The molecule has 0 fully saturated rings. The zero-order valence-electron chi connectivity index (χ0n) is 26.0. The van der Waals surface area contributed by atoms with Crippen molar-refractivity contribution in [3.63, 3.8) is 0 Å². The second-order valence-electron chi connectivity index (χ2n) is 11.5. The van der Waals surface area contributed by atoms with Gasteiger partial charge in [0.2, 0.25) is 5.91 Å². The Hall–Kier alpha value is -3.98. The molecular weight excluding hydrogens is 626 g/mol. The Morgan fingerprint density at radius 1 is 0.851 bits per heavy atom. The summed E-state index contributed by atoms with van der Waals surface area (Å²) in [4.78, 5) is 18.0. The van der Waals surface area contributed by atoms with E-state index in [0.717, 1.165) is 22.5 Å². The summed E-state index contributed by atoms with van der Waals surface area (Å²) in [6.45, 7) is -1.04. The van der Waals surface area contributed by atoms with Crippen LogP contribution in [0.4, 0.5) is 13.2 Å². The molecule has 5 rings (SSSR count). The van der Waals surface area contributed by atoms with Crippen LogP contribution < -0.4 is 10.6 Å². The number of unbranched alkanes of at least 4 members (excludes halogenated alkanes) is 2. The molecule has 248 valence electrons. The van der Waals surface area contributed by atoms with Crippen LogP contribution in [0.25, 0.3) is 11.1 Å². The number of alkyl halides is 3. The van der Waals surface area contributed by atoms with Gasteiger partial charge in [0, 0.05) is 36.6 Å².